The predicted octanol–water partition coefficient (Wildman–Crippen LogP) is 7.25. The maximum atomic E-state index is 13.8. The molecule has 1 heterocycles. The molecule has 0 aliphatic carbocycles. The lowest BCUT2D eigenvalue weighted by atomic mass is 9.93. The van der Waals surface area contributed by atoms with Crippen molar-refractivity contribution in [3.05, 3.63) is 83.4 Å². The molecule has 0 radical (unpaired) electrons. The number of nitrogens with two attached hydrogens (primary N) is 1. The minimum Gasteiger partial charge on any atom is -0.459 e. The summed E-state index contributed by atoms with van der Waals surface area (Å²) < 4.78 is 23.0. The molecule has 260 valence electrons. The fraction of sp³-hybridized carbons (Fsp3) is 0.421. The molecule has 1 saturated heterocycles. The molecular weight excluding hydrogens is 624 g/mol. The maximum absolute atomic E-state index is 13.8. The number of amides is 2. The predicted molar refractivity (Wildman–Crippen MR) is 184 cm³/mol. The van der Waals surface area contributed by atoms with Crippen LogP contribution in [0.5, 0.6) is 23.0 Å². The molecule has 49 heavy (non-hydrogen) atoms. The van der Waals surface area contributed by atoms with Crippen molar-refractivity contribution in [3.8, 4) is 29.1 Å². The fourth-order valence-corrected chi connectivity index (χ4v) is 5.23. The lowest BCUT2D eigenvalue weighted by Crippen LogP contribution is -2.39. The lowest BCUT2D eigenvalue weighted by Gasteiger charge is -2.32. The van der Waals surface area contributed by atoms with Gasteiger partial charge in [0.05, 0.1) is 11.6 Å². The second-order valence-electron chi connectivity index (χ2n) is 14.1. The lowest BCUT2D eigenvalue weighted by molar-refractivity contribution is -0.156. The number of carbonyl (C=O) groups excluding carboxylic acids is 3. The molecule has 0 spiro atoms. The standard InChI is InChI=1S/C38H46N4O7/c1-37(2,3)48-35(44)33(40)27-9-13-30(14-10-27)47-32-22-28(21-31(23-32)46-29-11-7-26(24-39)8-12-29)34(43)42-19-16-25(17-20-42)15-18-41-36(45)49-38(4,5)6/h7-14,21-23,25,33H,15-20,40H2,1-6H3,(H,41,45). The summed E-state index contributed by atoms with van der Waals surface area (Å²) in [5, 5.41) is 12.0. The Balaban J connectivity index is 1.45. The van der Waals surface area contributed by atoms with Crippen LogP contribution in [-0.4, -0.2) is 53.7 Å². The molecule has 2 amide bonds. The number of nitrogens with one attached hydrogen (secondary N) is 1. The summed E-state index contributed by atoms with van der Waals surface area (Å²) in [6.07, 6.45) is 1.99. The number of nitriles is 1. The Morgan fingerprint density at radius 1 is 0.837 bits per heavy atom. The van der Waals surface area contributed by atoms with Crippen molar-refractivity contribution in [1.29, 1.82) is 5.26 Å². The highest BCUT2D eigenvalue weighted by atomic mass is 16.6. The first kappa shape index (κ1) is 36.8. The Kier molecular flexibility index (Phi) is 11.9. The topological polar surface area (TPSA) is 153 Å². The quantitative estimate of drug-likeness (QED) is 0.212. The van der Waals surface area contributed by atoms with Gasteiger partial charge in [-0.15, -0.1) is 0 Å². The minimum atomic E-state index is -0.952. The number of ether oxygens (including phenoxy) is 4. The van der Waals surface area contributed by atoms with E-state index >= 15 is 0 Å². The number of likely N-dealkylation sites (tertiary alicyclic amines) is 1. The molecule has 1 aliphatic rings. The average Bonchev–Trinajstić information content (AvgIpc) is 3.03. The molecule has 3 N–H and O–H groups in total. The number of nitrogens with zero attached hydrogens (tertiary/aromatic N) is 2. The van der Waals surface area contributed by atoms with E-state index in [1.165, 1.54) is 0 Å². The maximum Gasteiger partial charge on any atom is 0.407 e. The van der Waals surface area contributed by atoms with Gasteiger partial charge in [0.15, 0.2) is 0 Å². The van der Waals surface area contributed by atoms with E-state index in [4.69, 9.17) is 29.9 Å². The summed E-state index contributed by atoms with van der Waals surface area (Å²) in [5.41, 5.74) is 6.39. The number of rotatable bonds is 10. The van der Waals surface area contributed by atoms with Crippen LogP contribution in [0.1, 0.15) is 88.3 Å². The zero-order valence-electron chi connectivity index (χ0n) is 29.1. The molecule has 0 aromatic heterocycles. The zero-order valence-corrected chi connectivity index (χ0v) is 29.1. The number of hydrogen-bond donors (Lipinski definition) is 2. The second-order valence-corrected chi connectivity index (χ2v) is 14.1. The van der Waals surface area contributed by atoms with Gasteiger partial charge >= 0.3 is 12.1 Å². The van der Waals surface area contributed by atoms with Gasteiger partial charge in [-0.25, -0.2) is 9.59 Å². The number of alkyl carbamates (subject to hydrolysis) is 1. The SMILES string of the molecule is CC(C)(C)OC(=O)NCCC1CCN(C(=O)c2cc(Oc3ccc(C#N)cc3)cc(Oc3ccc(C(N)C(=O)OC(C)(C)C)cc3)c2)CC1. The van der Waals surface area contributed by atoms with Crippen molar-refractivity contribution in [2.45, 2.75) is 78.0 Å². The van der Waals surface area contributed by atoms with E-state index in [1.807, 2.05) is 25.7 Å². The molecule has 0 bridgehead atoms. The van der Waals surface area contributed by atoms with E-state index < -0.39 is 29.3 Å². The summed E-state index contributed by atoms with van der Waals surface area (Å²) in [4.78, 5) is 40.0. The molecule has 11 nitrogen and oxygen atoms in total. The smallest absolute Gasteiger partial charge is 0.407 e. The number of benzene rings is 3. The van der Waals surface area contributed by atoms with Crippen LogP contribution in [0.4, 0.5) is 4.79 Å². The van der Waals surface area contributed by atoms with Crippen LogP contribution in [0.2, 0.25) is 0 Å². The molecule has 1 atom stereocenters. The molecule has 1 fully saturated rings. The first-order valence-electron chi connectivity index (χ1n) is 16.4. The van der Waals surface area contributed by atoms with Crippen LogP contribution in [0.25, 0.3) is 0 Å². The van der Waals surface area contributed by atoms with E-state index in [1.54, 1.807) is 87.5 Å². The Bertz CT molecular complexity index is 1640. The fourth-order valence-electron chi connectivity index (χ4n) is 5.23. The van der Waals surface area contributed by atoms with Gasteiger partial charge in [-0.2, -0.15) is 5.26 Å². The Morgan fingerprint density at radius 3 is 1.88 bits per heavy atom. The third kappa shape index (κ3) is 11.5. The van der Waals surface area contributed by atoms with Gasteiger partial charge < -0.3 is 34.9 Å². The Morgan fingerprint density at radius 2 is 1.37 bits per heavy atom. The van der Waals surface area contributed by atoms with Crippen LogP contribution in [0.3, 0.4) is 0 Å². The van der Waals surface area contributed by atoms with Crippen LogP contribution in [0, 0.1) is 17.2 Å². The van der Waals surface area contributed by atoms with Crippen molar-refractivity contribution in [1.82, 2.24) is 10.2 Å². The minimum absolute atomic E-state index is 0.154. The Labute approximate surface area is 288 Å². The van der Waals surface area contributed by atoms with Crippen molar-refractivity contribution >= 4 is 18.0 Å². The third-order valence-electron chi connectivity index (χ3n) is 7.60. The Hall–Kier alpha value is -5.08. The first-order chi connectivity index (χ1) is 23.1. The molecule has 3 aromatic carbocycles. The van der Waals surface area contributed by atoms with Crippen molar-refractivity contribution in [3.63, 3.8) is 0 Å². The molecule has 11 heteroatoms. The number of piperidine rings is 1. The summed E-state index contributed by atoms with van der Waals surface area (Å²) in [7, 11) is 0. The van der Waals surface area contributed by atoms with Crippen molar-refractivity contribution in [2.75, 3.05) is 19.6 Å². The van der Waals surface area contributed by atoms with Gasteiger partial charge in [0, 0.05) is 31.3 Å². The monoisotopic (exact) mass is 670 g/mol. The van der Waals surface area contributed by atoms with Crippen LogP contribution in [-0.2, 0) is 14.3 Å². The highest BCUT2D eigenvalue weighted by Crippen LogP contribution is 2.32. The average molecular weight is 671 g/mol. The third-order valence-corrected chi connectivity index (χ3v) is 7.60. The molecule has 3 aromatic rings. The van der Waals surface area contributed by atoms with Crippen LogP contribution >= 0.6 is 0 Å². The van der Waals surface area contributed by atoms with E-state index in [0.717, 1.165) is 19.3 Å². The molecule has 4 rings (SSSR count). The van der Waals surface area contributed by atoms with E-state index in [-0.39, 0.29) is 5.91 Å². The van der Waals surface area contributed by atoms with Crippen molar-refractivity contribution < 1.29 is 33.3 Å². The first-order valence-corrected chi connectivity index (χ1v) is 16.4. The highest BCUT2D eigenvalue weighted by Gasteiger charge is 2.26. The van der Waals surface area contributed by atoms with Gasteiger partial charge in [0.1, 0.15) is 40.2 Å². The van der Waals surface area contributed by atoms with Crippen LogP contribution < -0.4 is 20.5 Å². The molecule has 1 unspecified atom stereocenters. The van der Waals surface area contributed by atoms with Crippen molar-refractivity contribution in [2.24, 2.45) is 11.7 Å². The summed E-state index contributed by atoms with van der Waals surface area (Å²) >= 11 is 0. The summed E-state index contributed by atoms with van der Waals surface area (Å²) in [5.74, 6) is 1.41. The molecular formula is C38H46N4O7. The molecule has 1 aliphatic heterocycles. The van der Waals surface area contributed by atoms with Gasteiger partial charge in [-0.1, -0.05) is 12.1 Å². The zero-order chi connectivity index (χ0) is 35.8. The molecule has 0 saturated carbocycles. The normalized spacial score (nSPS) is 14.3. The summed E-state index contributed by atoms with van der Waals surface area (Å²) in [6.45, 7) is 12.5. The van der Waals surface area contributed by atoms with Gasteiger partial charge in [0.2, 0.25) is 0 Å². The van der Waals surface area contributed by atoms with E-state index in [9.17, 15) is 14.4 Å². The number of esters is 1. The largest absolute Gasteiger partial charge is 0.459 e. The number of hydrogen-bond acceptors (Lipinski definition) is 9. The van der Waals surface area contributed by atoms with Gasteiger partial charge in [-0.05, 0) is 121 Å². The van der Waals surface area contributed by atoms with E-state index in [0.29, 0.717) is 65.2 Å². The summed E-state index contributed by atoms with van der Waals surface area (Å²) in [6, 6.07) is 19.6. The second kappa shape index (κ2) is 15.9. The van der Waals surface area contributed by atoms with Gasteiger partial charge in [-0.3, -0.25) is 4.79 Å². The van der Waals surface area contributed by atoms with Crippen LogP contribution in [0.15, 0.2) is 66.7 Å². The number of carbonyl (C=O) groups is 3. The van der Waals surface area contributed by atoms with Gasteiger partial charge in [0.25, 0.3) is 5.91 Å². The van der Waals surface area contributed by atoms with E-state index in [2.05, 4.69) is 11.4 Å². The highest BCUT2D eigenvalue weighted by molar-refractivity contribution is 5.95.